The minimum atomic E-state index is 0.565. The van der Waals surface area contributed by atoms with E-state index in [-0.39, 0.29) is 0 Å². The zero-order valence-corrected chi connectivity index (χ0v) is 13.9. The highest BCUT2D eigenvalue weighted by atomic mass is 35.5. The predicted molar refractivity (Wildman–Crippen MR) is 99.0 cm³/mol. The normalized spacial score (nSPS) is 11.9. The van der Waals surface area contributed by atoms with Crippen LogP contribution in [0.3, 0.4) is 0 Å². The average molecular weight is 340 g/mol. The van der Waals surface area contributed by atoms with Crippen LogP contribution in [0.1, 0.15) is 10.6 Å². The van der Waals surface area contributed by atoms with E-state index in [4.69, 9.17) is 16.6 Å². The Morgan fingerprint density at radius 2 is 2.04 bits per heavy atom. The van der Waals surface area contributed by atoms with Crippen LogP contribution in [-0.4, -0.2) is 20.6 Å². The van der Waals surface area contributed by atoms with E-state index in [2.05, 4.69) is 41.5 Å². The number of hydrogen-bond acceptors (Lipinski definition) is 3. The summed E-state index contributed by atoms with van der Waals surface area (Å²) >= 11 is 7.43. The number of thiazole rings is 1. The summed E-state index contributed by atoms with van der Waals surface area (Å²) in [5, 5.41) is 7.70. The van der Waals surface area contributed by atoms with Crippen molar-refractivity contribution in [1.82, 2.24) is 14.8 Å². The highest BCUT2D eigenvalue weighted by molar-refractivity contribution is 7.19. The molecule has 0 amide bonds. The minimum absolute atomic E-state index is 0.565. The Hall–Kier alpha value is -2.17. The van der Waals surface area contributed by atoms with E-state index in [0.29, 0.717) is 5.88 Å². The molecule has 0 aliphatic heterocycles. The first kappa shape index (κ1) is 14.4. The largest absolute Gasteiger partial charge is 0.271 e. The van der Waals surface area contributed by atoms with E-state index in [9.17, 15) is 0 Å². The van der Waals surface area contributed by atoms with Crippen molar-refractivity contribution in [3.8, 4) is 0 Å². The van der Waals surface area contributed by atoms with Crippen molar-refractivity contribution in [3.05, 3.63) is 59.4 Å². The Labute approximate surface area is 142 Å². The van der Waals surface area contributed by atoms with Gasteiger partial charge in [-0.15, -0.1) is 22.9 Å². The fraction of sp³-hybridized carbons (Fsp3) is 0.111. The molecular formula is C18H14ClN3S. The molecule has 2 aromatic heterocycles. The maximum atomic E-state index is 5.72. The molecule has 2 heterocycles. The summed E-state index contributed by atoms with van der Waals surface area (Å²) in [6.07, 6.45) is 7.91. The van der Waals surface area contributed by atoms with Crippen LogP contribution in [0.2, 0.25) is 0 Å². The number of aryl methyl sites for hydroxylation is 1. The number of halogens is 1. The van der Waals surface area contributed by atoms with Crippen molar-refractivity contribution < 1.29 is 0 Å². The van der Waals surface area contributed by atoms with Gasteiger partial charge in [0.05, 0.1) is 23.0 Å². The van der Waals surface area contributed by atoms with Crippen molar-refractivity contribution in [2.75, 3.05) is 5.88 Å². The third kappa shape index (κ3) is 2.87. The standard InChI is InChI=1S/C18H14ClN3S/c19-9-10-22-12-13(11-20-22)5-8-17-21-18-15-4-2-1-3-14(15)6-7-16(18)23-17/h1-8,11-12H,9-10H2. The highest BCUT2D eigenvalue weighted by Gasteiger charge is 2.05. The molecule has 0 saturated carbocycles. The van der Waals surface area contributed by atoms with Crippen molar-refractivity contribution in [3.63, 3.8) is 0 Å². The SMILES string of the molecule is ClCCn1cc(C=Cc2nc3c(ccc4ccccc43)s2)cn1. The average Bonchev–Trinajstić information content (AvgIpc) is 3.19. The molecule has 0 aliphatic carbocycles. The van der Waals surface area contributed by atoms with Crippen LogP contribution in [0.15, 0.2) is 48.8 Å². The third-order valence-corrected chi connectivity index (χ3v) is 4.84. The molecule has 4 aromatic rings. The second-order valence-corrected chi connectivity index (χ2v) is 6.68. The Bertz CT molecular complexity index is 1000. The van der Waals surface area contributed by atoms with E-state index in [1.807, 2.05) is 29.2 Å². The molecule has 0 radical (unpaired) electrons. The van der Waals surface area contributed by atoms with Crippen molar-refractivity contribution in [2.45, 2.75) is 6.54 Å². The van der Waals surface area contributed by atoms with Crippen molar-refractivity contribution >= 4 is 56.1 Å². The summed E-state index contributed by atoms with van der Waals surface area (Å²) in [6, 6.07) is 12.7. The number of alkyl halides is 1. The molecule has 0 unspecified atom stereocenters. The van der Waals surface area contributed by atoms with Gasteiger partial charge in [-0.2, -0.15) is 5.10 Å². The number of aromatic nitrogens is 3. The van der Waals surface area contributed by atoms with Gasteiger partial charge < -0.3 is 0 Å². The van der Waals surface area contributed by atoms with Crippen LogP contribution in [0.4, 0.5) is 0 Å². The minimum Gasteiger partial charge on any atom is -0.271 e. The van der Waals surface area contributed by atoms with Gasteiger partial charge in [-0.05, 0) is 23.6 Å². The van der Waals surface area contributed by atoms with Crippen LogP contribution >= 0.6 is 22.9 Å². The molecule has 0 saturated heterocycles. The van der Waals surface area contributed by atoms with Gasteiger partial charge in [0.15, 0.2) is 0 Å². The topological polar surface area (TPSA) is 30.7 Å². The molecule has 23 heavy (non-hydrogen) atoms. The number of hydrogen-bond donors (Lipinski definition) is 0. The maximum Gasteiger partial charge on any atom is 0.117 e. The van der Waals surface area contributed by atoms with Crippen LogP contribution in [0.5, 0.6) is 0 Å². The molecule has 0 aliphatic rings. The van der Waals surface area contributed by atoms with Gasteiger partial charge in [0, 0.05) is 23.0 Å². The third-order valence-electron chi connectivity index (χ3n) is 3.69. The number of rotatable bonds is 4. The number of benzene rings is 2. The molecule has 0 atom stereocenters. The Kier molecular flexibility index (Phi) is 3.85. The summed E-state index contributed by atoms with van der Waals surface area (Å²) < 4.78 is 3.06. The first-order chi connectivity index (χ1) is 11.3. The molecule has 0 fully saturated rings. The van der Waals surface area contributed by atoms with Crippen LogP contribution < -0.4 is 0 Å². The van der Waals surface area contributed by atoms with Gasteiger partial charge in [0.25, 0.3) is 0 Å². The Morgan fingerprint density at radius 3 is 2.96 bits per heavy atom. The van der Waals surface area contributed by atoms with Crippen molar-refractivity contribution in [2.24, 2.45) is 0 Å². The van der Waals surface area contributed by atoms with Gasteiger partial charge in [-0.3, -0.25) is 4.68 Å². The lowest BCUT2D eigenvalue weighted by Crippen LogP contribution is -1.98. The van der Waals surface area contributed by atoms with Crippen molar-refractivity contribution in [1.29, 1.82) is 0 Å². The lowest BCUT2D eigenvalue weighted by molar-refractivity contribution is 0.664. The van der Waals surface area contributed by atoms with Crippen LogP contribution in [-0.2, 0) is 6.54 Å². The van der Waals surface area contributed by atoms with Crippen LogP contribution in [0, 0.1) is 0 Å². The highest BCUT2D eigenvalue weighted by Crippen LogP contribution is 2.30. The van der Waals surface area contributed by atoms with Gasteiger partial charge >= 0.3 is 0 Å². The van der Waals surface area contributed by atoms with Gasteiger partial charge in [-0.25, -0.2) is 4.98 Å². The second kappa shape index (κ2) is 6.14. The van der Waals surface area contributed by atoms with Gasteiger partial charge in [-0.1, -0.05) is 30.3 Å². The molecule has 2 aromatic carbocycles. The molecular weight excluding hydrogens is 326 g/mol. The zero-order chi connectivity index (χ0) is 15.6. The molecule has 4 rings (SSSR count). The first-order valence-corrected chi connectivity index (χ1v) is 8.73. The van der Waals surface area contributed by atoms with E-state index in [1.165, 1.54) is 15.5 Å². The summed E-state index contributed by atoms with van der Waals surface area (Å²) in [5.74, 6) is 0.565. The lowest BCUT2D eigenvalue weighted by atomic mass is 10.1. The molecule has 114 valence electrons. The Morgan fingerprint density at radius 1 is 1.13 bits per heavy atom. The zero-order valence-electron chi connectivity index (χ0n) is 12.3. The summed E-state index contributed by atoms with van der Waals surface area (Å²) in [4.78, 5) is 4.78. The smallest absolute Gasteiger partial charge is 0.117 e. The maximum absolute atomic E-state index is 5.72. The molecule has 0 bridgehead atoms. The first-order valence-electron chi connectivity index (χ1n) is 7.38. The summed E-state index contributed by atoms with van der Waals surface area (Å²) in [5.41, 5.74) is 2.13. The number of nitrogens with zero attached hydrogens (tertiary/aromatic N) is 3. The van der Waals surface area contributed by atoms with E-state index in [1.54, 1.807) is 11.3 Å². The fourth-order valence-electron chi connectivity index (χ4n) is 2.59. The molecule has 5 heteroatoms. The van der Waals surface area contributed by atoms with E-state index < -0.39 is 0 Å². The van der Waals surface area contributed by atoms with Gasteiger partial charge in [0.2, 0.25) is 0 Å². The predicted octanol–water partition coefficient (Wildman–Crippen LogP) is 5.06. The second-order valence-electron chi connectivity index (χ2n) is 5.24. The monoisotopic (exact) mass is 339 g/mol. The molecule has 3 nitrogen and oxygen atoms in total. The summed E-state index contributed by atoms with van der Waals surface area (Å²) in [6.45, 7) is 0.725. The molecule has 0 spiro atoms. The molecule has 0 N–H and O–H groups in total. The number of fused-ring (bicyclic) bond motifs is 3. The lowest BCUT2D eigenvalue weighted by Gasteiger charge is -1.96. The van der Waals surface area contributed by atoms with Crippen LogP contribution in [0.25, 0.3) is 33.1 Å². The fourth-order valence-corrected chi connectivity index (χ4v) is 3.65. The summed E-state index contributed by atoms with van der Waals surface area (Å²) in [7, 11) is 0. The van der Waals surface area contributed by atoms with Gasteiger partial charge in [0.1, 0.15) is 5.01 Å². The van der Waals surface area contributed by atoms with E-state index in [0.717, 1.165) is 22.6 Å². The quantitative estimate of drug-likeness (QED) is 0.487. The Balaban J connectivity index is 1.68. The van der Waals surface area contributed by atoms with E-state index >= 15 is 0 Å².